The second-order valence-electron chi connectivity index (χ2n) is 5.54. The monoisotopic (exact) mass is 405 g/mol. The summed E-state index contributed by atoms with van der Waals surface area (Å²) in [6, 6.07) is 12.1. The number of benzene rings is 2. The SMILES string of the molecule is COc1cc(Cl)cc(/C=C2\SC(=O)N(CCOc3ccccc3)C2=O)c1O. The molecule has 1 saturated heterocycles. The van der Waals surface area contributed by atoms with Gasteiger partial charge in [0.25, 0.3) is 11.1 Å². The summed E-state index contributed by atoms with van der Waals surface area (Å²) in [5.41, 5.74) is 0.297. The van der Waals surface area contributed by atoms with Gasteiger partial charge in [-0.3, -0.25) is 14.5 Å². The average molecular weight is 406 g/mol. The second-order valence-corrected chi connectivity index (χ2v) is 6.97. The molecule has 1 aliphatic heterocycles. The van der Waals surface area contributed by atoms with Gasteiger partial charge in [-0.1, -0.05) is 29.8 Å². The number of thioether (sulfide) groups is 1. The number of halogens is 1. The first kappa shape index (κ1) is 19.1. The van der Waals surface area contributed by atoms with Gasteiger partial charge in [0.05, 0.1) is 18.6 Å². The number of carbonyl (C=O) groups is 2. The molecule has 8 heteroatoms. The zero-order valence-electron chi connectivity index (χ0n) is 14.3. The highest BCUT2D eigenvalue weighted by molar-refractivity contribution is 8.18. The number of para-hydroxylation sites is 1. The molecule has 2 amide bonds. The predicted molar refractivity (Wildman–Crippen MR) is 104 cm³/mol. The minimum absolute atomic E-state index is 0.127. The van der Waals surface area contributed by atoms with Crippen LogP contribution in [0.4, 0.5) is 4.79 Å². The van der Waals surface area contributed by atoms with Gasteiger partial charge in [0.2, 0.25) is 0 Å². The number of aromatic hydroxyl groups is 1. The van der Waals surface area contributed by atoms with Crippen LogP contribution in [-0.4, -0.2) is 41.4 Å². The quantitative estimate of drug-likeness (QED) is 0.727. The molecule has 1 fully saturated rings. The van der Waals surface area contributed by atoms with E-state index in [1.807, 2.05) is 18.2 Å². The van der Waals surface area contributed by atoms with Gasteiger partial charge in [-0.2, -0.15) is 0 Å². The van der Waals surface area contributed by atoms with Crippen LogP contribution in [0.2, 0.25) is 5.02 Å². The molecule has 1 N–H and O–H groups in total. The van der Waals surface area contributed by atoms with E-state index in [0.29, 0.717) is 16.3 Å². The molecule has 0 unspecified atom stereocenters. The number of methoxy groups -OCH3 is 1. The van der Waals surface area contributed by atoms with Crippen molar-refractivity contribution in [3.05, 3.63) is 58.0 Å². The largest absolute Gasteiger partial charge is 0.504 e. The number of amides is 2. The lowest BCUT2D eigenvalue weighted by Crippen LogP contribution is -2.32. The van der Waals surface area contributed by atoms with Crippen LogP contribution in [0.25, 0.3) is 6.08 Å². The molecule has 3 rings (SSSR count). The summed E-state index contributed by atoms with van der Waals surface area (Å²) >= 11 is 6.80. The van der Waals surface area contributed by atoms with Crippen LogP contribution in [0.15, 0.2) is 47.4 Å². The number of imide groups is 1. The van der Waals surface area contributed by atoms with E-state index in [4.69, 9.17) is 21.1 Å². The van der Waals surface area contributed by atoms with Gasteiger partial charge in [0, 0.05) is 16.7 Å². The average Bonchev–Trinajstić information content (AvgIpc) is 2.92. The maximum atomic E-state index is 12.5. The third kappa shape index (κ3) is 4.37. The Balaban J connectivity index is 1.72. The summed E-state index contributed by atoms with van der Waals surface area (Å²) in [5, 5.41) is 10.1. The molecule has 0 bridgehead atoms. The van der Waals surface area contributed by atoms with Gasteiger partial charge in [0.1, 0.15) is 12.4 Å². The normalized spacial score (nSPS) is 15.5. The molecule has 0 aliphatic carbocycles. The summed E-state index contributed by atoms with van der Waals surface area (Å²) in [4.78, 5) is 26.0. The number of phenols is 1. The highest BCUT2D eigenvalue weighted by Gasteiger charge is 2.35. The third-order valence-electron chi connectivity index (χ3n) is 3.78. The fourth-order valence-electron chi connectivity index (χ4n) is 2.47. The standard InChI is InChI=1S/C19H16ClNO5S/c1-25-15-11-13(20)9-12(17(15)22)10-16-18(23)21(19(24)27-16)7-8-26-14-5-3-2-4-6-14/h2-6,9-11,22H,7-8H2,1H3/b16-10-. The molecule has 0 aromatic heterocycles. The summed E-state index contributed by atoms with van der Waals surface area (Å²) in [5.74, 6) is 0.251. The maximum absolute atomic E-state index is 12.5. The van der Waals surface area contributed by atoms with E-state index in [1.54, 1.807) is 12.1 Å². The maximum Gasteiger partial charge on any atom is 0.293 e. The third-order valence-corrected chi connectivity index (χ3v) is 4.90. The van der Waals surface area contributed by atoms with Crippen LogP contribution in [0.5, 0.6) is 17.2 Å². The Hall–Kier alpha value is -2.64. The van der Waals surface area contributed by atoms with Crippen LogP contribution in [0, 0.1) is 0 Å². The number of nitrogens with zero attached hydrogens (tertiary/aromatic N) is 1. The zero-order valence-corrected chi connectivity index (χ0v) is 15.9. The van der Waals surface area contributed by atoms with Crippen LogP contribution in [-0.2, 0) is 4.79 Å². The Morgan fingerprint density at radius 2 is 1.96 bits per heavy atom. The number of rotatable bonds is 6. The van der Waals surface area contributed by atoms with Gasteiger partial charge >= 0.3 is 0 Å². The molecule has 2 aromatic rings. The Morgan fingerprint density at radius 3 is 2.67 bits per heavy atom. The van der Waals surface area contributed by atoms with E-state index in [2.05, 4.69) is 0 Å². The van der Waals surface area contributed by atoms with Gasteiger partial charge < -0.3 is 14.6 Å². The summed E-state index contributed by atoms with van der Waals surface area (Å²) < 4.78 is 10.6. The molecular weight excluding hydrogens is 390 g/mol. The minimum Gasteiger partial charge on any atom is -0.504 e. The Labute approximate surface area is 165 Å². The van der Waals surface area contributed by atoms with Crippen LogP contribution >= 0.6 is 23.4 Å². The van der Waals surface area contributed by atoms with Crippen molar-refractivity contribution in [3.8, 4) is 17.2 Å². The highest BCUT2D eigenvalue weighted by Crippen LogP contribution is 2.38. The minimum atomic E-state index is -0.444. The lowest BCUT2D eigenvalue weighted by atomic mass is 10.1. The number of carbonyl (C=O) groups excluding carboxylic acids is 2. The van der Waals surface area contributed by atoms with Crippen molar-refractivity contribution in [1.82, 2.24) is 4.90 Å². The van der Waals surface area contributed by atoms with Crippen molar-refractivity contribution in [2.75, 3.05) is 20.3 Å². The Bertz CT molecular complexity index is 900. The molecule has 0 atom stereocenters. The topological polar surface area (TPSA) is 76.1 Å². The van der Waals surface area contributed by atoms with Crippen molar-refractivity contribution < 1.29 is 24.2 Å². The Morgan fingerprint density at radius 1 is 1.22 bits per heavy atom. The summed E-state index contributed by atoms with van der Waals surface area (Å²) in [6.45, 7) is 0.313. The Kier molecular flexibility index (Phi) is 5.93. The smallest absolute Gasteiger partial charge is 0.293 e. The summed E-state index contributed by atoms with van der Waals surface area (Å²) in [7, 11) is 1.40. The highest BCUT2D eigenvalue weighted by atomic mass is 35.5. The molecule has 0 saturated carbocycles. The molecule has 27 heavy (non-hydrogen) atoms. The van der Waals surface area contributed by atoms with Crippen LogP contribution < -0.4 is 9.47 Å². The van der Waals surface area contributed by atoms with Crippen molar-refractivity contribution in [2.24, 2.45) is 0 Å². The van der Waals surface area contributed by atoms with Crippen molar-refractivity contribution in [3.63, 3.8) is 0 Å². The van der Waals surface area contributed by atoms with Gasteiger partial charge in [-0.15, -0.1) is 0 Å². The van der Waals surface area contributed by atoms with Gasteiger partial charge in [0.15, 0.2) is 11.5 Å². The fraction of sp³-hybridized carbons (Fsp3) is 0.158. The van der Waals surface area contributed by atoms with E-state index in [1.165, 1.54) is 25.3 Å². The lowest BCUT2D eigenvalue weighted by Gasteiger charge is -2.13. The van der Waals surface area contributed by atoms with Crippen LogP contribution in [0.1, 0.15) is 5.56 Å². The van der Waals surface area contributed by atoms with E-state index >= 15 is 0 Å². The van der Waals surface area contributed by atoms with Crippen LogP contribution in [0.3, 0.4) is 0 Å². The van der Waals surface area contributed by atoms with Gasteiger partial charge in [-0.05, 0) is 36.0 Å². The number of ether oxygens (including phenoxy) is 2. The van der Waals surface area contributed by atoms with E-state index in [0.717, 1.165) is 16.7 Å². The van der Waals surface area contributed by atoms with E-state index < -0.39 is 11.1 Å². The number of hydrogen-bond acceptors (Lipinski definition) is 6. The molecule has 0 radical (unpaired) electrons. The lowest BCUT2D eigenvalue weighted by molar-refractivity contribution is -0.123. The number of phenolic OH excluding ortho intramolecular Hbond substituents is 1. The van der Waals surface area contributed by atoms with Crippen molar-refractivity contribution in [1.29, 1.82) is 0 Å². The van der Waals surface area contributed by atoms with Crippen molar-refractivity contribution in [2.45, 2.75) is 0 Å². The van der Waals surface area contributed by atoms with E-state index in [-0.39, 0.29) is 29.6 Å². The first-order chi connectivity index (χ1) is 13.0. The van der Waals surface area contributed by atoms with E-state index in [9.17, 15) is 14.7 Å². The second kappa shape index (κ2) is 8.37. The molecular formula is C19H16ClNO5S. The molecule has 1 heterocycles. The van der Waals surface area contributed by atoms with Gasteiger partial charge in [-0.25, -0.2) is 0 Å². The molecule has 1 aliphatic rings. The zero-order chi connectivity index (χ0) is 19.4. The first-order valence-electron chi connectivity index (χ1n) is 7.99. The fourth-order valence-corrected chi connectivity index (χ4v) is 3.54. The predicted octanol–water partition coefficient (Wildman–Crippen LogP) is 4.17. The summed E-state index contributed by atoms with van der Waals surface area (Å²) in [6.07, 6.45) is 1.42. The first-order valence-corrected chi connectivity index (χ1v) is 9.18. The molecule has 6 nitrogen and oxygen atoms in total. The van der Waals surface area contributed by atoms with Crippen molar-refractivity contribution >= 4 is 40.6 Å². The number of hydrogen-bond donors (Lipinski definition) is 1. The molecule has 140 valence electrons. The molecule has 0 spiro atoms. The molecule has 2 aromatic carbocycles.